The number of aromatic amines is 1. The highest BCUT2D eigenvalue weighted by Crippen LogP contribution is 2.25. The molecule has 2 aromatic carbocycles. The van der Waals surface area contributed by atoms with Gasteiger partial charge in [-0.3, -0.25) is 0 Å². The number of anilines is 1. The van der Waals surface area contributed by atoms with Gasteiger partial charge in [0, 0.05) is 48.5 Å². The molecule has 0 unspecified atom stereocenters. The van der Waals surface area contributed by atoms with Gasteiger partial charge in [-0.2, -0.15) is 0 Å². The summed E-state index contributed by atoms with van der Waals surface area (Å²) in [4.78, 5) is 5.82. The number of fused-ring (bicyclic) bond motifs is 1. The molecule has 1 aromatic heterocycles. The van der Waals surface area contributed by atoms with E-state index in [2.05, 4.69) is 69.8 Å². The Morgan fingerprint density at radius 1 is 1.05 bits per heavy atom. The van der Waals surface area contributed by atoms with Gasteiger partial charge in [0.15, 0.2) is 0 Å². The van der Waals surface area contributed by atoms with Crippen molar-refractivity contribution < 1.29 is 0 Å². The van der Waals surface area contributed by atoms with E-state index in [1.165, 1.54) is 22.2 Å². The Balaban J connectivity index is 1.62. The first-order valence-corrected chi connectivity index (χ1v) is 7.98. The summed E-state index contributed by atoms with van der Waals surface area (Å²) in [5, 5.41) is 4.83. The first-order valence-electron chi connectivity index (χ1n) is 7.98. The Kier molecular flexibility index (Phi) is 3.57. The number of hydrogen-bond donors (Lipinski definition) is 2. The minimum absolute atomic E-state index is 0.507. The van der Waals surface area contributed by atoms with Crippen LogP contribution < -0.4 is 10.2 Å². The van der Waals surface area contributed by atoms with Gasteiger partial charge in [-0.25, -0.2) is 0 Å². The number of nitrogens with zero attached hydrogens (tertiary/aromatic N) is 1. The topological polar surface area (TPSA) is 31.1 Å². The molecule has 2 heterocycles. The van der Waals surface area contributed by atoms with Gasteiger partial charge in [0.25, 0.3) is 0 Å². The average molecular weight is 291 g/mol. The third kappa shape index (κ3) is 2.60. The van der Waals surface area contributed by atoms with Gasteiger partial charge in [0.2, 0.25) is 0 Å². The summed E-state index contributed by atoms with van der Waals surface area (Å²) in [6.07, 6.45) is 3.09. The monoisotopic (exact) mass is 291 g/mol. The van der Waals surface area contributed by atoms with E-state index in [-0.39, 0.29) is 0 Å². The van der Waals surface area contributed by atoms with Crippen molar-refractivity contribution in [2.45, 2.75) is 12.5 Å². The number of nitrogens with one attached hydrogen (secondary N) is 2. The van der Waals surface area contributed by atoms with E-state index in [0.717, 1.165) is 26.1 Å². The van der Waals surface area contributed by atoms with Crippen LogP contribution in [0.5, 0.6) is 0 Å². The predicted octanol–water partition coefficient (Wildman–Crippen LogP) is 3.19. The van der Waals surface area contributed by atoms with Crippen molar-refractivity contribution in [1.82, 2.24) is 10.3 Å². The molecule has 1 atom stereocenters. The van der Waals surface area contributed by atoms with Crippen LogP contribution in [0.25, 0.3) is 10.9 Å². The highest BCUT2D eigenvalue weighted by atomic mass is 15.2. The zero-order chi connectivity index (χ0) is 14.8. The molecule has 2 N–H and O–H groups in total. The zero-order valence-electron chi connectivity index (χ0n) is 12.6. The first-order chi connectivity index (χ1) is 10.9. The van der Waals surface area contributed by atoms with Crippen LogP contribution in [0, 0.1) is 0 Å². The Bertz CT molecular complexity index is 747. The second-order valence-electron chi connectivity index (χ2n) is 5.99. The quantitative estimate of drug-likeness (QED) is 0.776. The Morgan fingerprint density at radius 3 is 2.86 bits per heavy atom. The van der Waals surface area contributed by atoms with Gasteiger partial charge in [-0.05, 0) is 36.2 Å². The van der Waals surface area contributed by atoms with E-state index in [4.69, 9.17) is 0 Å². The van der Waals surface area contributed by atoms with Crippen LogP contribution in [0.3, 0.4) is 0 Å². The molecule has 1 aliphatic heterocycles. The molecule has 3 aromatic rings. The lowest BCUT2D eigenvalue weighted by Crippen LogP contribution is -2.52. The summed E-state index contributed by atoms with van der Waals surface area (Å²) < 4.78 is 0. The fourth-order valence-corrected chi connectivity index (χ4v) is 3.39. The lowest BCUT2D eigenvalue weighted by Gasteiger charge is -2.38. The molecule has 1 aliphatic rings. The summed E-state index contributed by atoms with van der Waals surface area (Å²) in [7, 11) is 0. The molecule has 1 fully saturated rings. The molecule has 0 radical (unpaired) electrons. The summed E-state index contributed by atoms with van der Waals surface area (Å²) >= 11 is 0. The fraction of sp³-hybridized carbons (Fsp3) is 0.263. The maximum absolute atomic E-state index is 3.54. The highest BCUT2D eigenvalue weighted by molar-refractivity contribution is 5.83. The SMILES string of the molecule is c1ccc(C[C@@H]2CNCCN2c2ccc3[nH]ccc3c2)cc1. The second-order valence-corrected chi connectivity index (χ2v) is 5.99. The van der Waals surface area contributed by atoms with Crippen molar-refractivity contribution in [3.8, 4) is 0 Å². The van der Waals surface area contributed by atoms with E-state index in [1.807, 2.05) is 6.20 Å². The molecule has 0 amide bonds. The van der Waals surface area contributed by atoms with Crippen LogP contribution in [0.4, 0.5) is 5.69 Å². The molecule has 3 nitrogen and oxygen atoms in total. The van der Waals surface area contributed by atoms with Crippen molar-refractivity contribution in [2.24, 2.45) is 0 Å². The minimum atomic E-state index is 0.507. The minimum Gasteiger partial charge on any atom is -0.366 e. The van der Waals surface area contributed by atoms with Crippen LogP contribution in [-0.2, 0) is 6.42 Å². The molecule has 0 spiro atoms. The van der Waals surface area contributed by atoms with E-state index in [1.54, 1.807) is 0 Å². The molecule has 22 heavy (non-hydrogen) atoms. The van der Waals surface area contributed by atoms with E-state index in [9.17, 15) is 0 Å². The van der Waals surface area contributed by atoms with Crippen molar-refractivity contribution in [3.63, 3.8) is 0 Å². The van der Waals surface area contributed by atoms with Crippen molar-refractivity contribution in [1.29, 1.82) is 0 Å². The number of benzene rings is 2. The first kappa shape index (κ1) is 13.4. The van der Waals surface area contributed by atoms with Crippen LogP contribution >= 0.6 is 0 Å². The molecule has 0 saturated carbocycles. The molecule has 112 valence electrons. The summed E-state index contributed by atoms with van der Waals surface area (Å²) in [5.41, 5.74) is 3.94. The van der Waals surface area contributed by atoms with Gasteiger partial charge in [-0.1, -0.05) is 30.3 Å². The molecule has 4 rings (SSSR count). The maximum atomic E-state index is 3.54. The Hall–Kier alpha value is -2.26. The molecule has 0 aliphatic carbocycles. The average Bonchev–Trinajstić information content (AvgIpc) is 3.04. The smallest absolute Gasteiger partial charge is 0.0455 e. The third-order valence-corrected chi connectivity index (χ3v) is 4.53. The standard InChI is InChI=1S/C19H21N3/c1-2-4-15(5-3-1)12-18-14-20-10-11-22(18)17-6-7-19-16(13-17)8-9-21-19/h1-9,13,18,20-21H,10-12,14H2/t18-/m1/s1. The van der Waals surface area contributed by atoms with Crippen LogP contribution in [0.2, 0.25) is 0 Å². The van der Waals surface area contributed by atoms with E-state index in [0.29, 0.717) is 6.04 Å². The summed E-state index contributed by atoms with van der Waals surface area (Å²) in [6, 6.07) is 20.2. The van der Waals surface area contributed by atoms with Crippen LogP contribution in [-0.4, -0.2) is 30.7 Å². The van der Waals surface area contributed by atoms with Gasteiger partial charge < -0.3 is 15.2 Å². The maximum Gasteiger partial charge on any atom is 0.0455 e. The van der Waals surface area contributed by atoms with Crippen molar-refractivity contribution >= 4 is 16.6 Å². The number of hydrogen-bond acceptors (Lipinski definition) is 2. The molecule has 1 saturated heterocycles. The van der Waals surface area contributed by atoms with Crippen LogP contribution in [0.1, 0.15) is 5.56 Å². The number of piperazine rings is 1. The van der Waals surface area contributed by atoms with E-state index >= 15 is 0 Å². The summed E-state index contributed by atoms with van der Waals surface area (Å²) in [6.45, 7) is 3.16. The summed E-state index contributed by atoms with van der Waals surface area (Å²) in [5.74, 6) is 0. The van der Waals surface area contributed by atoms with Gasteiger partial charge in [-0.15, -0.1) is 0 Å². The van der Waals surface area contributed by atoms with Crippen molar-refractivity contribution in [2.75, 3.05) is 24.5 Å². The second kappa shape index (κ2) is 5.85. The number of rotatable bonds is 3. The van der Waals surface area contributed by atoms with Crippen LogP contribution in [0.15, 0.2) is 60.8 Å². The third-order valence-electron chi connectivity index (χ3n) is 4.53. The van der Waals surface area contributed by atoms with Gasteiger partial charge >= 0.3 is 0 Å². The van der Waals surface area contributed by atoms with Gasteiger partial charge in [0.05, 0.1) is 0 Å². The largest absolute Gasteiger partial charge is 0.366 e. The van der Waals surface area contributed by atoms with Gasteiger partial charge in [0.1, 0.15) is 0 Å². The molecular formula is C19H21N3. The predicted molar refractivity (Wildman–Crippen MR) is 92.4 cm³/mol. The highest BCUT2D eigenvalue weighted by Gasteiger charge is 2.22. The van der Waals surface area contributed by atoms with Crippen molar-refractivity contribution in [3.05, 3.63) is 66.4 Å². The molecule has 0 bridgehead atoms. The Morgan fingerprint density at radius 2 is 1.95 bits per heavy atom. The number of aromatic nitrogens is 1. The lowest BCUT2D eigenvalue weighted by atomic mass is 10.0. The molecule has 3 heteroatoms. The molecular weight excluding hydrogens is 270 g/mol. The van der Waals surface area contributed by atoms with E-state index < -0.39 is 0 Å². The zero-order valence-corrected chi connectivity index (χ0v) is 12.6. The lowest BCUT2D eigenvalue weighted by molar-refractivity contribution is 0.474. The Labute approximate surface area is 131 Å². The number of H-pyrrole nitrogens is 1. The fourth-order valence-electron chi connectivity index (χ4n) is 3.39. The normalized spacial score (nSPS) is 18.7.